The van der Waals surface area contributed by atoms with Crippen molar-refractivity contribution in [2.24, 2.45) is 0 Å². The fourth-order valence-electron chi connectivity index (χ4n) is 1.80. The van der Waals surface area contributed by atoms with Crippen LogP contribution in [-0.2, 0) is 0 Å². The predicted molar refractivity (Wildman–Crippen MR) is 86.7 cm³/mol. The summed E-state index contributed by atoms with van der Waals surface area (Å²) in [5.74, 6) is 0.801. The van der Waals surface area contributed by atoms with E-state index in [-0.39, 0.29) is 6.04 Å². The Balaban J connectivity index is 2.28. The van der Waals surface area contributed by atoms with Gasteiger partial charge in [-0.15, -0.1) is 11.3 Å². The van der Waals surface area contributed by atoms with Crippen LogP contribution in [0.3, 0.4) is 0 Å². The third kappa shape index (κ3) is 3.65. The number of halogens is 2. The molecule has 0 aliphatic rings. The lowest BCUT2D eigenvalue weighted by atomic mass is 10.2. The van der Waals surface area contributed by atoms with Crippen molar-refractivity contribution < 1.29 is 4.74 Å². The summed E-state index contributed by atoms with van der Waals surface area (Å²) in [5, 5.41) is 6.20. The molecule has 1 heterocycles. The van der Waals surface area contributed by atoms with Gasteiger partial charge in [0.15, 0.2) is 5.75 Å². The van der Waals surface area contributed by atoms with E-state index in [0.29, 0.717) is 11.6 Å². The van der Waals surface area contributed by atoms with Crippen molar-refractivity contribution in [3.8, 4) is 5.75 Å². The molecule has 19 heavy (non-hydrogen) atoms. The molecular weight excluding hydrogens is 346 g/mol. The van der Waals surface area contributed by atoms with E-state index in [1.807, 2.05) is 19.1 Å². The summed E-state index contributed by atoms with van der Waals surface area (Å²) >= 11 is 11.3. The molecular formula is C14H15BrClNOS. The van der Waals surface area contributed by atoms with Gasteiger partial charge in [0.2, 0.25) is 0 Å². The standard InChI is InChI=1S/C14H15BrClNOS/c1-3-18-14-11(15)7-10(16)8-12(14)17-9(2)13-5-4-6-19-13/h4-9,17H,3H2,1-2H3. The lowest BCUT2D eigenvalue weighted by Gasteiger charge is -2.18. The van der Waals surface area contributed by atoms with E-state index in [9.17, 15) is 0 Å². The minimum Gasteiger partial charge on any atom is -0.491 e. The second-order valence-electron chi connectivity index (χ2n) is 4.08. The smallest absolute Gasteiger partial charge is 0.156 e. The van der Waals surface area contributed by atoms with Gasteiger partial charge in [0.1, 0.15) is 0 Å². The largest absolute Gasteiger partial charge is 0.491 e. The molecule has 1 aromatic heterocycles. The molecule has 1 N–H and O–H groups in total. The number of anilines is 1. The zero-order chi connectivity index (χ0) is 13.8. The first kappa shape index (κ1) is 14.7. The summed E-state index contributed by atoms with van der Waals surface area (Å²) in [4.78, 5) is 1.28. The Kier molecular flexibility index (Phi) is 5.13. The van der Waals surface area contributed by atoms with E-state index < -0.39 is 0 Å². The zero-order valence-electron chi connectivity index (χ0n) is 10.7. The number of hydrogen-bond acceptors (Lipinski definition) is 3. The first-order valence-electron chi connectivity index (χ1n) is 6.03. The first-order valence-corrected chi connectivity index (χ1v) is 8.08. The Hall–Kier alpha value is -0.710. The molecule has 0 spiro atoms. The molecule has 0 aliphatic heterocycles. The van der Waals surface area contributed by atoms with Crippen LogP contribution >= 0.6 is 38.9 Å². The van der Waals surface area contributed by atoms with E-state index in [1.54, 1.807) is 11.3 Å². The first-order chi connectivity index (χ1) is 9.11. The summed E-state index contributed by atoms with van der Waals surface area (Å²) in [6, 6.07) is 8.11. The Morgan fingerprint density at radius 2 is 2.26 bits per heavy atom. The van der Waals surface area contributed by atoms with E-state index in [1.165, 1.54) is 4.88 Å². The van der Waals surface area contributed by atoms with Crippen molar-refractivity contribution in [2.75, 3.05) is 11.9 Å². The van der Waals surface area contributed by atoms with Gasteiger partial charge < -0.3 is 10.1 Å². The van der Waals surface area contributed by atoms with Crippen LogP contribution in [0.1, 0.15) is 24.8 Å². The maximum Gasteiger partial charge on any atom is 0.156 e. The van der Waals surface area contributed by atoms with Crippen LogP contribution in [0.4, 0.5) is 5.69 Å². The summed E-state index contributed by atoms with van der Waals surface area (Å²) in [7, 11) is 0. The second-order valence-corrected chi connectivity index (χ2v) is 6.35. The van der Waals surface area contributed by atoms with Crippen molar-refractivity contribution in [2.45, 2.75) is 19.9 Å². The molecule has 102 valence electrons. The maximum atomic E-state index is 6.11. The fourth-order valence-corrected chi connectivity index (χ4v) is 3.46. The molecule has 0 saturated carbocycles. The van der Waals surface area contributed by atoms with Gasteiger partial charge in [0.05, 0.1) is 22.8 Å². The van der Waals surface area contributed by atoms with Gasteiger partial charge in [-0.05, 0) is 53.4 Å². The van der Waals surface area contributed by atoms with Crippen molar-refractivity contribution in [1.82, 2.24) is 0 Å². The fraction of sp³-hybridized carbons (Fsp3) is 0.286. The Morgan fingerprint density at radius 3 is 2.89 bits per heavy atom. The molecule has 1 aromatic carbocycles. The number of nitrogens with one attached hydrogen (secondary N) is 1. The monoisotopic (exact) mass is 359 g/mol. The van der Waals surface area contributed by atoms with Gasteiger partial charge in [0.25, 0.3) is 0 Å². The molecule has 2 nitrogen and oxygen atoms in total. The van der Waals surface area contributed by atoms with Crippen LogP contribution in [0.15, 0.2) is 34.1 Å². The maximum absolute atomic E-state index is 6.11. The van der Waals surface area contributed by atoms with Crippen LogP contribution in [-0.4, -0.2) is 6.61 Å². The minimum atomic E-state index is 0.213. The number of hydrogen-bond donors (Lipinski definition) is 1. The molecule has 1 atom stereocenters. The number of thiophene rings is 1. The summed E-state index contributed by atoms with van der Waals surface area (Å²) in [6.45, 7) is 4.70. The number of ether oxygens (including phenoxy) is 1. The van der Waals surface area contributed by atoms with Crippen LogP contribution < -0.4 is 10.1 Å². The van der Waals surface area contributed by atoms with Crippen molar-refractivity contribution in [3.05, 3.63) is 44.0 Å². The molecule has 0 fully saturated rings. The van der Waals surface area contributed by atoms with Crippen LogP contribution in [0.5, 0.6) is 5.75 Å². The molecule has 0 amide bonds. The van der Waals surface area contributed by atoms with E-state index in [0.717, 1.165) is 15.9 Å². The average molecular weight is 361 g/mol. The number of benzene rings is 1. The highest BCUT2D eigenvalue weighted by molar-refractivity contribution is 9.10. The third-order valence-electron chi connectivity index (χ3n) is 2.64. The zero-order valence-corrected chi connectivity index (χ0v) is 13.9. The third-order valence-corrected chi connectivity index (χ3v) is 4.50. The van der Waals surface area contributed by atoms with Gasteiger partial charge in [-0.1, -0.05) is 17.7 Å². The van der Waals surface area contributed by atoms with Crippen molar-refractivity contribution >= 4 is 44.6 Å². The van der Waals surface area contributed by atoms with Gasteiger partial charge in [-0.3, -0.25) is 0 Å². The Labute approximate surface area is 130 Å². The highest BCUT2D eigenvalue weighted by Crippen LogP contribution is 2.38. The Bertz CT molecular complexity index is 545. The molecule has 2 aromatic rings. The van der Waals surface area contributed by atoms with Crippen LogP contribution in [0, 0.1) is 0 Å². The number of rotatable bonds is 5. The van der Waals surface area contributed by atoms with Crippen LogP contribution in [0.2, 0.25) is 5.02 Å². The lowest BCUT2D eigenvalue weighted by Crippen LogP contribution is -2.07. The van der Waals surface area contributed by atoms with E-state index in [4.69, 9.17) is 16.3 Å². The molecule has 2 rings (SSSR count). The lowest BCUT2D eigenvalue weighted by molar-refractivity contribution is 0.339. The topological polar surface area (TPSA) is 21.3 Å². The summed E-state index contributed by atoms with van der Waals surface area (Å²) in [5.41, 5.74) is 0.905. The summed E-state index contributed by atoms with van der Waals surface area (Å²) < 4.78 is 6.54. The van der Waals surface area contributed by atoms with Crippen molar-refractivity contribution in [3.63, 3.8) is 0 Å². The Morgan fingerprint density at radius 1 is 1.47 bits per heavy atom. The average Bonchev–Trinajstić information content (AvgIpc) is 2.87. The predicted octanol–water partition coefficient (Wildman–Crippen LogP) is 5.74. The molecule has 1 unspecified atom stereocenters. The van der Waals surface area contributed by atoms with Gasteiger partial charge in [-0.2, -0.15) is 0 Å². The van der Waals surface area contributed by atoms with Gasteiger partial charge >= 0.3 is 0 Å². The second kappa shape index (κ2) is 6.64. The highest BCUT2D eigenvalue weighted by atomic mass is 79.9. The molecule has 0 saturated heterocycles. The molecule has 5 heteroatoms. The highest BCUT2D eigenvalue weighted by Gasteiger charge is 2.13. The molecule has 0 radical (unpaired) electrons. The van der Waals surface area contributed by atoms with Gasteiger partial charge in [-0.25, -0.2) is 0 Å². The van der Waals surface area contributed by atoms with Crippen molar-refractivity contribution in [1.29, 1.82) is 0 Å². The summed E-state index contributed by atoms with van der Waals surface area (Å²) in [6.07, 6.45) is 0. The van der Waals surface area contributed by atoms with Gasteiger partial charge in [0, 0.05) is 9.90 Å². The van der Waals surface area contributed by atoms with Crippen LogP contribution in [0.25, 0.3) is 0 Å². The molecule has 0 aliphatic carbocycles. The quantitative estimate of drug-likeness (QED) is 0.734. The van der Waals surface area contributed by atoms with E-state index in [2.05, 4.69) is 45.7 Å². The van der Waals surface area contributed by atoms with E-state index >= 15 is 0 Å². The molecule has 0 bridgehead atoms. The SMILES string of the molecule is CCOc1c(Br)cc(Cl)cc1NC(C)c1cccs1. The normalized spacial score (nSPS) is 12.2. The minimum absolute atomic E-state index is 0.213.